The van der Waals surface area contributed by atoms with E-state index in [0.29, 0.717) is 11.3 Å². The summed E-state index contributed by atoms with van der Waals surface area (Å²) in [7, 11) is 1.46. The van der Waals surface area contributed by atoms with E-state index in [2.05, 4.69) is 10.1 Å². The van der Waals surface area contributed by atoms with Crippen LogP contribution in [-0.4, -0.2) is 28.1 Å². The third-order valence-electron chi connectivity index (χ3n) is 3.46. The zero-order chi connectivity index (χ0) is 18.5. The van der Waals surface area contributed by atoms with Gasteiger partial charge in [0.2, 0.25) is 5.82 Å². The first kappa shape index (κ1) is 17.1. The number of non-ortho nitro benzene ring substituents is 1. The summed E-state index contributed by atoms with van der Waals surface area (Å²) in [6.07, 6.45) is 0. The minimum atomic E-state index is -0.586. The third kappa shape index (κ3) is 3.66. The Labute approximate surface area is 147 Å². The molecule has 0 aliphatic carbocycles. The van der Waals surface area contributed by atoms with Crippen LogP contribution in [-0.2, 0) is 11.3 Å². The van der Waals surface area contributed by atoms with Crippen LogP contribution in [0.3, 0.4) is 0 Å². The van der Waals surface area contributed by atoms with E-state index in [-0.39, 0.29) is 29.6 Å². The maximum absolute atomic E-state index is 12.1. The number of hydrogen-bond acceptors (Lipinski definition) is 8. The van der Waals surface area contributed by atoms with Crippen LogP contribution < -0.4 is 4.74 Å². The lowest BCUT2D eigenvalue weighted by atomic mass is 10.2. The molecule has 0 amide bonds. The summed E-state index contributed by atoms with van der Waals surface area (Å²) in [5, 5.41) is 14.4. The number of methoxy groups -OCH3 is 1. The molecule has 9 heteroatoms. The van der Waals surface area contributed by atoms with Gasteiger partial charge in [0.05, 0.1) is 12.0 Å². The number of nitro benzene ring substituents is 1. The molecule has 0 saturated heterocycles. The molecular formula is C17H13N3O6. The van der Waals surface area contributed by atoms with Gasteiger partial charge in [-0.1, -0.05) is 17.3 Å². The molecule has 0 unspecified atom stereocenters. The molecule has 3 rings (SSSR count). The van der Waals surface area contributed by atoms with Gasteiger partial charge in [-0.25, -0.2) is 4.79 Å². The van der Waals surface area contributed by atoms with Gasteiger partial charge in [0.1, 0.15) is 11.3 Å². The predicted molar refractivity (Wildman–Crippen MR) is 88.5 cm³/mol. The third-order valence-corrected chi connectivity index (χ3v) is 3.46. The molecule has 9 nitrogen and oxygen atoms in total. The van der Waals surface area contributed by atoms with Gasteiger partial charge in [0, 0.05) is 17.7 Å². The first-order chi connectivity index (χ1) is 12.6. The van der Waals surface area contributed by atoms with E-state index in [4.69, 9.17) is 14.0 Å². The molecule has 0 bridgehead atoms. The van der Waals surface area contributed by atoms with E-state index < -0.39 is 10.9 Å². The molecule has 0 atom stereocenters. The van der Waals surface area contributed by atoms with Crippen molar-refractivity contribution in [2.45, 2.75) is 6.61 Å². The molecule has 3 aromatic rings. The van der Waals surface area contributed by atoms with Crippen LogP contribution >= 0.6 is 0 Å². The quantitative estimate of drug-likeness (QED) is 0.376. The fourth-order valence-corrected chi connectivity index (χ4v) is 2.18. The lowest BCUT2D eigenvalue weighted by Gasteiger charge is -2.06. The number of carbonyl (C=O) groups excluding carboxylic acids is 1. The SMILES string of the molecule is COc1ccccc1C(=O)OCc1nc(-c2ccc([N+](=O)[O-])cc2)no1. The number of carbonyl (C=O) groups is 1. The van der Waals surface area contributed by atoms with E-state index in [9.17, 15) is 14.9 Å². The Morgan fingerprint density at radius 3 is 2.62 bits per heavy atom. The van der Waals surface area contributed by atoms with Gasteiger partial charge < -0.3 is 14.0 Å². The highest BCUT2D eigenvalue weighted by Gasteiger charge is 2.16. The standard InChI is InChI=1S/C17H13N3O6/c1-24-14-5-3-2-4-13(14)17(21)25-10-15-18-16(19-26-15)11-6-8-12(9-7-11)20(22)23/h2-9H,10H2,1H3. The number of nitro groups is 1. The van der Waals surface area contributed by atoms with Crippen LogP contribution in [0.15, 0.2) is 53.1 Å². The van der Waals surface area contributed by atoms with Crippen LogP contribution in [0, 0.1) is 10.1 Å². The maximum atomic E-state index is 12.1. The Kier molecular flexibility index (Phi) is 4.88. The molecular weight excluding hydrogens is 342 g/mol. The second-order valence-electron chi connectivity index (χ2n) is 5.09. The Balaban J connectivity index is 1.67. The molecule has 2 aromatic carbocycles. The topological polar surface area (TPSA) is 118 Å². The van der Waals surface area contributed by atoms with Crippen LogP contribution in [0.4, 0.5) is 5.69 Å². The van der Waals surface area contributed by atoms with Crippen molar-refractivity contribution in [3.8, 4) is 17.1 Å². The summed E-state index contributed by atoms with van der Waals surface area (Å²) < 4.78 is 15.3. The number of aromatic nitrogens is 2. The van der Waals surface area contributed by atoms with E-state index in [1.54, 1.807) is 24.3 Å². The smallest absolute Gasteiger partial charge is 0.342 e. The molecule has 26 heavy (non-hydrogen) atoms. The fourth-order valence-electron chi connectivity index (χ4n) is 2.18. The lowest BCUT2D eigenvalue weighted by Crippen LogP contribution is -2.07. The van der Waals surface area contributed by atoms with Crippen LogP contribution in [0.25, 0.3) is 11.4 Å². The fraction of sp³-hybridized carbons (Fsp3) is 0.118. The molecule has 0 spiro atoms. The summed E-state index contributed by atoms with van der Waals surface area (Å²) in [6, 6.07) is 12.4. The number of para-hydroxylation sites is 1. The number of esters is 1. The zero-order valence-electron chi connectivity index (χ0n) is 13.6. The zero-order valence-corrected chi connectivity index (χ0v) is 13.6. The molecule has 0 saturated carbocycles. The molecule has 0 radical (unpaired) electrons. The van der Waals surface area contributed by atoms with Gasteiger partial charge in [-0.3, -0.25) is 10.1 Å². The number of nitrogens with zero attached hydrogens (tertiary/aromatic N) is 3. The summed E-state index contributed by atoms with van der Waals surface area (Å²) >= 11 is 0. The van der Waals surface area contributed by atoms with Crippen LogP contribution in [0.2, 0.25) is 0 Å². The second-order valence-corrected chi connectivity index (χ2v) is 5.09. The highest BCUT2D eigenvalue weighted by molar-refractivity contribution is 5.92. The normalized spacial score (nSPS) is 10.3. The Morgan fingerprint density at radius 2 is 1.92 bits per heavy atom. The second kappa shape index (κ2) is 7.43. The molecule has 0 aliphatic heterocycles. The van der Waals surface area contributed by atoms with Crippen molar-refractivity contribution in [3.05, 3.63) is 70.1 Å². The van der Waals surface area contributed by atoms with Crippen molar-refractivity contribution in [1.82, 2.24) is 10.1 Å². The summed E-state index contributed by atoms with van der Waals surface area (Å²) in [5.74, 6) is 0.150. The Morgan fingerprint density at radius 1 is 1.19 bits per heavy atom. The lowest BCUT2D eigenvalue weighted by molar-refractivity contribution is -0.384. The first-order valence-electron chi connectivity index (χ1n) is 7.46. The minimum Gasteiger partial charge on any atom is -0.496 e. The Bertz CT molecular complexity index is 936. The predicted octanol–water partition coefficient (Wildman–Crippen LogP) is 3.01. The van der Waals surface area contributed by atoms with Gasteiger partial charge in [0.15, 0.2) is 6.61 Å². The molecule has 0 fully saturated rings. The largest absolute Gasteiger partial charge is 0.496 e. The van der Waals surface area contributed by atoms with Crippen LogP contribution in [0.5, 0.6) is 5.75 Å². The molecule has 0 aliphatic rings. The van der Waals surface area contributed by atoms with Gasteiger partial charge in [-0.15, -0.1) is 0 Å². The highest BCUT2D eigenvalue weighted by atomic mass is 16.6. The first-order valence-corrected chi connectivity index (χ1v) is 7.46. The highest BCUT2D eigenvalue weighted by Crippen LogP contribution is 2.21. The number of benzene rings is 2. The van der Waals surface area contributed by atoms with Gasteiger partial charge in [0.25, 0.3) is 11.6 Å². The van der Waals surface area contributed by atoms with Gasteiger partial charge in [-0.05, 0) is 24.3 Å². The van der Waals surface area contributed by atoms with Crippen molar-refractivity contribution < 1.29 is 23.7 Å². The average Bonchev–Trinajstić information content (AvgIpc) is 3.15. The minimum absolute atomic E-state index is 0.0387. The summed E-state index contributed by atoms with van der Waals surface area (Å²) in [5.41, 5.74) is 0.787. The molecule has 1 aromatic heterocycles. The van der Waals surface area contributed by atoms with Crippen molar-refractivity contribution >= 4 is 11.7 Å². The maximum Gasteiger partial charge on any atom is 0.342 e. The van der Waals surface area contributed by atoms with E-state index in [1.807, 2.05) is 0 Å². The summed E-state index contributed by atoms with van der Waals surface area (Å²) in [6.45, 7) is -0.211. The van der Waals surface area contributed by atoms with Crippen molar-refractivity contribution in [1.29, 1.82) is 0 Å². The molecule has 1 heterocycles. The van der Waals surface area contributed by atoms with Crippen molar-refractivity contribution in [2.24, 2.45) is 0 Å². The van der Waals surface area contributed by atoms with E-state index in [1.165, 1.54) is 31.4 Å². The number of ether oxygens (including phenoxy) is 2. The monoisotopic (exact) mass is 355 g/mol. The number of hydrogen-bond donors (Lipinski definition) is 0. The van der Waals surface area contributed by atoms with Gasteiger partial charge in [-0.2, -0.15) is 4.98 Å². The van der Waals surface area contributed by atoms with Crippen molar-refractivity contribution in [2.75, 3.05) is 7.11 Å². The average molecular weight is 355 g/mol. The van der Waals surface area contributed by atoms with E-state index in [0.717, 1.165) is 0 Å². The number of rotatable bonds is 6. The van der Waals surface area contributed by atoms with Crippen molar-refractivity contribution in [3.63, 3.8) is 0 Å². The van der Waals surface area contributed by atoms with Crippen LogP contribution in [0.1, 0.15) is 16.2 Å². The summed E-state index contributed by atoms with van der Waals surface area (Å²) in [4.78, 5) is 26.4. The Hall–Kier alpha value is -3.75. The molecule has 0 N–H and O–H groups in total. The van der Waals surface area contributed by atoms with Gasteiger partial charge >= 0.3 is 5.97 Å². The molecule has 132 valence electrons. The van der Waals surface area contributed by atoms with E-state index >= 15 is 0 Å².